The highest BCUT2D eigenvalue weighted by Gasteiger charge is 2.23. The summed E-state index contributed by atoms with van der Waals surface area (Å²) >= 11 is 6.29. The van der Waals surface area contributed by atoms with Gasteiger partial charge < -0.3 is 4.90 Å². The van der Waals surface area contributed by atoms with Gasteiger partial charge in [0.25, 0.3) is 5.91 Å². The van der Waals surface area contributed by atoms with E-state index < -0.39 is 0 Å². The Morgan fingerprint density at radius 3 is 1.96 bits per heavy atom. The van der Waals surface area contributed by atoms with Gasteiger partial charge in [0, 0.05) is 20.1 Å². The number of nitrogens with zero attached hydrogens (tertiary/aromatic N) is 3. The van der Waals surface area contributed by atoms with E-state index in [4.69, 9.17) is 11.6 Å². The molecule has 0 radical (unpaired) electrons. The van der Waals surface area contributed by atoms with Crippen LogP contribution in [0.1, 0.15) is 81.4 Å². The predicted molar refractivity (Wildman–Crippen MR) is 97.1 cm³/mol. The number of carbonyl (C=O) groups is 1. The number of unbranched alkanes of at least 4 members (excludes halogenated alkanes) is 6. The first kappa shape index (κ1) is 20.0. The molecule has 1 aromatic rings. The number of aromatic nitrogens is 2. The van der Waals surface area contributed by atoms with Gasteiger partial charge in [-0.3, -0.25) is 9.48 Å². The Bertz CT molecular complexity index is 473. The first-order valence-electron chi connectivity index (χ1n) is 9.01. The number of halogens is 1. The van der Waals surface area contributed by atoms with Crippen molar-refractivity contribution >= 4 is 17.5 Å². The Kier molecular flexibility index (Phi) is 9.30. The molecule has 1 heterocycles. The molecular formula is C18H32ClN3O. The Balaban J connectivity index is 2.71. The second-order valence-electron chi connectivity index (χ2n) is 6.29. The molecule has 0 aromatic carbocycles. The molecule has 0 bridgehead atoms. The van der Waals surface area contributed by atoms with E-state index in [0.29, 0.717) is 10.7 Å². The molecule has 0 atom stereocenters. The van der Waals surface area contributed by atoms with Gasteiger partial charge in [0.15, 0.2) is 5.69 Å². The molecule has 5 heteroatoms. The van der Waals surface area contributed by atoms with Crippen molar-refractivity contribution in [1.29, 1.82) is 0 Å². The van der Waals surface area contributed by atoms with Gasteiger partial charge in [-0.1, -0.05) is 64.0 Å². The minimum absolute atomic E-state index is 0.0216. The molecule has 0 unspecified atom stereocenters. The van der Waals surface area contributed by atoms with Gasteiger partial charge in [0.05, 0.1) is 10.7 Å². The third kappa shape index (κ3) is 6.17. The van der Waals surface area contributed by atoms with E-state index in [2.05, 4.69) is 18.9 Å². The fraction of sp³-hybridized carbons (Fsp3) is 0.778. The molecule has 0 N–H and O–H groups in total. The molecule has 0 spiro atoms. The average Bonchev–Trinajstić information content (AvgIpc) is 2.80. The molecule has 0 fully saturated rings. The Labute approximate surface area is 146 Å². The van der Waals surface area contributed by atoms with Gasteiger partial charge >= 0.3 is 0 Å². The van der Waals surface area contributed by atoms with Gasteiger partial charge in [0.2, 0.25) is 0 Å². The van der Waals surface area contributed by atoms with E-state index in [0.717, 1.165) is 31.6 Å². The summed E-state index contributed by atoms with van der Waals surface area (Å²) in [5.74, 6) is -0.0216. The SMILES string of the molecule is CCCCCCN(CCCCCC)C(=O)c1nn(C)c(C)c1Cl. The Hall–Kier alpha value is -1.03. The van der Waals surface area contributed by atoms with Gasteiger partial charge in [-0.05, 0) is 19.8 Å². The van der Waals surface area contributed by atoms with Gasteiger partial charge in [-0.15, -0.1) is 0 Å². The van der Waals surface area contributed by atoms with Gasteiger partial charge in [-0.2, -0.15) is 5.10 Å². The van der Waals surface area contributed by atoms with Crippen LogP contribution < -0.4 is 0 Å². The summed E-state index contributed by atoms with van der Waals surface area (Å²) in [7, 11) is 1.82. The van der Waals surface area contributed by atoms with E-state index in [1.54, 1.807) is 4.68 Å². The van der Waals surface area contributed by atoms with Crippen LogP contribution in [0.5, 0.6) is 0 Å². The van der Waals surface area contributed by atoms with Crippen molar-refractivity contribution in [3.05, 3.63) is 16.4 Å². The van der Waals surface area contributed by atoms with Crippen LogP contribution in [-0.2, 0) is 7.05 Å². The van der Waals surface area contributed by atoms with Crippen LogP contribution in [0.3, 0.4) is 0 Å². The number of carbonyl (C=O) groups excluding carboxylic acids is 1. The zero-order valence-electron chi connectivity index (χ0n) is 15.2. The van der Waals surface area contributed by atoms with Crippen molar-refractivity contribution in [3.63, 3.8) is 0 Å². The van der Waals surface area contributed by atoms with E-state index in [1.165, 1.54) is 38.5 Å². The summed E-state index contributed by atoms with van der Waals surface area (Å²) in [6, 6.07) is 0. The zero-order valence-corrected chi connectivity index (χ0v) is 16.0. The van der Waals surface area contributed by atoms with Crippen LogP contribution in [0.15, 0.2) is 0 Å². The molecule has 1 rings (SSSR count). The summed E-state index contributed by atoms with van der Waals surface area (Å²) in [5.41, 5.74) is 1.24. The molecule has 132 valence electrons. The van der Waals surface area contributed by atoms with E-state index >= 15 is 0 Å². The Morgan fingerprint density at radius 2 is 1.57 bits per heavy atom. The average molecular weight is 342 g/mol. The largest absolute Gasteiger partial charge is 0.337 e. The highest BCUT2D eigenvalue weighted by atomic mass is 35.5. The van der Waals surface area contributed by atoms with E-state index in [9.17, 15) is 4.79 Å². The number of hydrogen-bond donors (Lipinski definition) is 0. The standard InChI is InChI=1S/C18H32ClN3O/c1-5-7-9-11-13-22(14-12-10-8-6-2)18(23)17-16(19)15(3)21(4)20-17/h5-14H2,1-4H3. The topological polar surface area (TPSA) is 38.1 Å². The predicted octanol–water partition coefficient (Wildman–Crippen LogP) is 4.98. The van der Waals surface area contributed by atoms with Crippen LogP contribution in [0.4, 0.5) is 0 Å². The third-order valence-electron chi connectivity index (χ3n) is 4.31. The first-order chi connectivity index (χ1) is 11.0. The van der Waals surface area contributed by atoms with Gasteiger partial charge in [0.1, 0.15) is 0 Å². The number of aryl methyl sites for hydroxylation is 1. The van der Waals surface area contributed by atoms with E-state index in [-0.39, 0.29) is 5.91 Å². The maximum Gasteiger partial charge on any atom is 0.275 e. The molecular weight excluding hydrogens is 310 g/mol. The summed E-state index contributed by atoms with van der Waals surface area (Å²) in [6.07, 6.45) is 9.30. The second kappa shape index (κ2) is 10.7. The smallest absolute Gasteiger partial charge is 0.275 e. The van der Waals surface area contributed by atoms with Crippen molar-refractivity contribution in [2.24, 2.45) is 7.05 Å². The molecule has 4 nitrogen and oxygen atoms in total. The van der Waals surface area contributed by atoms with Crippen LogP contribution in [0.25, 0.3) is 0 Å². The van der Waals surface area contributed by atoms with Crippen molar-refractivity contribution < 1.29 is 4.79 Å². The lowest BCUT2D eigenvalue weighted by Crippen LogP contribution is -2.33. The van der Waals surface area contributed by atoms with Crippen molar-refractivity contribution in [3.8, 4) is 0 Å². The second-order valence-corrected chi connectivity index (χ2v) is 6.66. The summed E-state index contributed by atoms with van der Waals surface area (Å²) in [6.45, 7) is 7.89. The van der Waals surface area contributed by atoms with Crippen molar-refractivity contribution in [2.75, 3.05) is 13.1 Å². The Morgan fingerprint density at radius 1 is 1.04 bits per heavy atom. The number of rotatable bonds is 11. The number of hydrogen-bond acceptors (Lipinski definition) is 2. The summed E-state index contributed by atoms with van der Waals surface area (Å²) < 4.78 is 1.68. The van der Waals surface area contributed by atoms with Crippen LogP contribution in [0.2, 0.25) is 5.02 Å². The molecule has 23 heavy (non-hydrogen) atoms. The fourth-order valence-electron chi connectivity index (χ4n) is 2.64. The van der Waals surface area contributed by atoms with Crippen LogP contribution in [-0.4, -0.2) is 33.7 Å². The zero-order chi connectivity index (χ0) is 17.2. The van der Waals surface area contributed by atoms with Crippen LogP contribution in [0, 0.1) is 6.92 Å². The minimum atomic E-state index is -0.0216. The summed E-state index contributed by atoms with van der Waals surface area (Å²) in [5, 5.41) is 4.80. The highest BCUT2D eigenvalue weighted by molar-refractivity contribution is 6.34. The number of amides is 1. The molecule has 0 aliphatic rings. The van der Waals surface area contributed by atoms with Crippen molar-refractivity contribution in [2.45, 2.75) is 72.1 Å². The molecule has 0 aliphatic heterocycles. The lowest BCUT2D eigenvalue weighted by atomic mass is 10.1. The van der Waals surface area contributed by atoms with Crippen LogP contribution >= 0.6 is 11.6 Å². The molecule has 1 amide bonds. The normalized spacial score (nSPS) is 11.0. The maximum atomic E-state index is 12.8. The minimum Gasteiger partial charge on any atom is -0.337 e. The van der Waals surface area contributed by atoms with Crippen molar-refractivity contribution in [1.82, 2.24) is 14.7 Å². The lowest BCUT2D eigenvalue weighted by Gasteiger charge is -2.22. The lowest BCUT2D eigenvalue weighted by molar-refractivity contribution is 0.0742. The summed E-state index contributed by atoms with van der Waals surface area (Å²) in [4.78, 5) is 14.8. The highest BCUT2D eigenvalue weighted by Crippen LogP contribution is 2.21. The molecule has 0 saturated carbocycles. The quantitative estimate of drug-likeness (QED) is 0.532. The van der Waals surface area contributed by atoms with E-state index in [1.807, 2.05) is 18.9 Å². The third-order valence-corrected chi connectivity index (χ3v) is 4.77. The molecule has 0 aliphatic carbocycles. The monoisotopic (exact) mass is 341 g/mol. The molecule has 0 saturated heterocycles. The fourth-order valence-corrected chi connectivity index (χ4v) is 2.88. The first-order valence-corrected chi connectivity index (χ1v) is 9.39. The maximum absolute atomic E-state index is 12.8. The van der Waals surface area contributed by atoms with Gasteiger partial charge in [-0.25, -0.2) is 0 Å². The molecule has 1 aromatic heterocycles.